The molecule has 0 amide bonds. The van der Waals surface area contributed by atoms with Gasteiger partial charge in [0, 0.05) is 5.69 Å². The second kappa shape index (κ2) is 7.53. The lowest BCUT2D eigenvalue weighted by atomic mass is 9.89. The maximum absolute atomic E-state index is 11.9. The van der Waals surface area contributed by atoms with Crippen molar-refractivity contribution in [2.24, 2.45) is 5.41 Å². The number of benzene rings is 1. The molecule has 0 saturated heterocycles. The summed E-state index contributed by atoms with van der Waals surface area (Å²) in [6.07, 6.45) is 2.34. The molecular formula is C16H22N2O3. The van der Waals surface area contributed by atoms with Gasteiger partial charge in [0.05, 0.1) is 30.8 Å². The van der Waals surface area contributed by atoms with Crippen LogP contribution in [0.15, 0.2) is 18.2 Å². The van der Waals surface area contributed by atoms with E-state index in [-0.39, 0.29) is 5.41 Å². The van der Waals surface area contributed by atoms with Crippen LogP contribution < -0.4 is 10.5 Å². The minimum Gasteiger partial charge on any atom is -0.497 e. The number of nitriles is 1. The van der Waals surface area contributed by atoms with Gasteiger partial charge in [0.2, 0.25) is 0 Å². The Morgan fingerprint density at radius 2 is 2.10 bits per heavy atom. The Morgan fingerprint density at radius 1 is 1.38 bits per heavy atom. The fourth-order valence-corrected chi connectivity index (χ4v) is 1.81. The van der Waals surface area contributed by atoms with Crippen LogP contribution in [0.2, 0.25) is 0 Å². The summed E-state index contributed by atoms with van der Waals surface area (Å²) in [7, 11) is 1.53. The van der Waals surface area contributed by atoms with Crippen LogP contribution in [0, 0.1) is 16.7 Å². The summed E-state index contributed by atoms with van der Waals surface area (Å²) in [5, 5.41) is 8.91. The van der Waals surface area contributed by atoms with E-state index in [1.54, 1.807) is 18.2 Å². The van der Waals surface area contributed by atoms with Crippen LogP contribution in [0.1, 0.15) is 43.5 Å². The van der Waals surface area contributed by atoms with Crippen LogP contribution in [-0.2, 0) is 4.74 Å². The van der Waals surface area contributed by atoms with E-state index >= 15 is 0 Å². The summed E-state index contributed by atoms with van der Waals surface area (Å²) >= 11 is 0. The highest BCUT2D eigenvalue weighted by molar-refractivity contribution is 5.95. The Hall–Kier alpha value is -2.22. The first kappa shape index (κ1) is 16.8. The van der Waals surface area contributed by atoms with Gasteiger partial charge in [0.1, 0.15) is 5.75 Å². The highest BCUT2D eigenvalue weighted by atomic mass is 16.5. The number of carbonyl (C=O) groups is 1. The van der Waals surface area contributed by atoms with E-state index in [0.29, 0.717) is 23.6 Å². The van der Waals surface area contributed by atoms with Crippen LogP contribution >= 0.6 is 0 Å². The highest BCUT2D eigenvalue weighted by Gasteiger charge is 2.16. The second-order valence-electron chi connectivity index (χ2n) is 5.54. The number of methoxy groups -OCH3 is 1. The van der Waals surface area contributed by atoms with Crippen molar-refractivity contribution in [3.05, 3.63) is 23.8 Å². The molecule has 0 spiro atoms. The number of rotatable bonds is 7. The number of carbonyl (C=O) groups excluding carboxylic acids is 1. The first-order valence-electron chi connectivity index (χ1n) is 6.91. The van der Waals surface area contributed by atoms with Crippen molar-refractivity contribution in [1.29, 1.82) is 5.26 Å². The maximum Gasteiger partial charge on any atom is 0.340 e. The number of nitrogens with two attached hydrogens (primary N) is 1. The largest absolute Gasteiger partial charge is 0.497 e. The molecule has 0 bridgehead atoms. The van der Waals surface area contributed by atoms with Crippen molar-refractivity contribution in [3.8, 4) is 11.8 Å². The lowest BCUT2D eigenvalue weighted by molar-refractivity contribution is 0.0497. The molecule has 2 N–H and O–H groups in total. The lowest BCUT2D eigenvalue weighted by Gasteiger charge is -2.14. The zero-order valence-corrected chi connectivity index (χ0v) is 12.8. The predicted molar refractivity (Wildman–Crippen MR) is 80.9 cm³/mol. The molecule has 114 valence electrons. The maximum atomic E-state index is 11.9. The standard InChI is InChI=1S/C16H22N2O3/c1-16(2,11-17)8-4-5-9-21-15(19)13-10-12(20-3)6-7-14(13)18/h6-7,10H,4-5,8-9,18H2,1-3H3. The fourth-order valence-electron chi connectivity index (χ4n) is 1.81. The van der Waals surface area contributed by atoms with E-state index in [1.165, 1.54) is 7.11 Å². The van der Waals surface area contributed by atoms with Gasteiger partial charge in [-0.25, -0.2) is 4.79 Å². The Bertz CT molecular complexity index is 533. The van der Waals surface area contributed by atoms with Gasteiger partial charge in [-0.1, -0.05) is 0 Å². The van der Waals surface area contributed by atoms with Crippen LogP contribution in [-0.4, -0.2) is 19.7 Å². The molecule has 0 aliphatic carbocycles. The summed E-state index contributed by atoms with van der Waals surface area (Å²) in [5.41, 5.74) is 6.10. The number of ether oxygens (including phenoxy) is 2. The SMILES string of the molecule is COc1ccc(N)c(C(=O)OCCCCC(C)(C)C#N)c1. The molecular weight excluding hydrogens is 268 g/mol. The molecule has 1 aromatic rings. The highest BCUT2D eigenvalue weighted by Crippen LogP contribution is 2.22. The molecule has 5 nitrogen and oxygen atoms in total. The van der Waals surface area contributed by atoms with E-state index in [1.807, 2.05) is 13.8 Å². The molecule has 0 radical (unpaired) electrons. The minimum absolute atomic E-state index is 0.312. The monoisotopic (exact) mass is 290 g/mol. The van der Waals surface area contributed by atoms with E-state index < -0.39 is 5.97 Å². The van der Waals surface area contributed by atoms with E-state index in [9.17, 15) is 4.79 Å². The number of nitrogen functional groups attached to an aromatic ring is 1. The smallest absolute Gasteiger partial charge is 0.340 e. The van der Waals surface area contributed by atoms with Crippen molar-refractivity contribution in [3.63, 3.8) is 0 Å². The van der Waals surface area contributed by atoms with Crippen molar-refractivity contribution in [2.75, 3.05) is 19.5 Å². The van der Waals surface area contributed by atoms with Crippen molar-refractivity contribution in [2.45, 2.75) is 33.1 Å². The Morgan fingerprint density at radius 3 is 2.71 bits per heavy atom. The van der Waals surface area contributed by atoms with Gasteiger partial charge in [-0.3, -0.25) is 0 Å². The van der Waals surface area contributed by atoms with Crippen LogP contribution in [0.3, 0.4) is 0 Å². The number of hydrogen-bond acceptors (Lipinski definition) is 5. The van der Waals surface area contributed by atoms with Crippen molar-refractivity contribution in [1.82, 2.24) is 0 Å². The van der Waals surface area contributed by atoms with Crippen LogP contribution in [0.4, 0.5) is 5.69 Å². The molecule has 0 fully saturated rings. The molecule has 0 saturated carbocycles. The number of nitrogens with zero attached hydrogens (tertiary/aromatic N) is 1. The number of esters is 1. The average Bonchev–Trinajstić information content (AvgIpc) is 2.47. The molecule has 1 aromatic carbocycles. The third-order valence-corrected chi connectivity index (χ3v) is 3.21. The van der Waals surface area contributed by atoms with Crippen molar-refractivity contribution >= 4 is 11.7 Å². The summed E-state index contributed by atoms with van der Waals surface area (Å²) in [6.45, 7) is 4.11. The fraction of sp³-hybridized carbons (Fsp3) is 0.500. The molecule has 0 heterocycles. The third-order valence-electron chi connectivity index (χ3n) is 3.21. The number of hydrogen-bond donors (Lipinski definition) is 1. The molecule has 0 unspecified atom stereocenters. The Labute approximate surface area is 125 Å². The molecule has 0 aliphatic rings. The first-order valence-corrected chi connectivity index (χ1v) is 6.91. The van der Waals surface area contributed by atoms with Gasteiger partial charge in [-0.2, -0.15) is 5.26 Å². The summed E-state index contributed by atoms with van der Waals surface area (Å²) in [6, 6.07) is 7.12. The summed E-state index contributed by atoms with van der Waals surface area (Å²) in [4.78, 5) is 11.9. The van der Waals surface area contributed by atoms with Gasteiger partial charge >= 0.3 is 5.97 Å². The van der Waals surface area contributed by atoms with E-state index in [0.717, 1.165) is 19.3 Å². The molecule has 1 rings (SSSR count). The molecule has 5 heteroatoms. The van der Waals surface area contributed by atoms with Gasteiger partial charge in [-0.15, -0.1) is 0 Å². The molecule has 0 aromatic heterocycles. The summed E-state index contributed by atoms with van der Waals surface area (Å²) in [5.74, 6) is 0.109. The zero-order chi connectivity index (χ0) is 15.9. The number of unbranched alkanes of at least 4 members (excludes halogenated alkanes) is 1. The average molecular weight is 290 g/mol. The van der Waals surface area contributed by atoms with Gasteiger partial charge < -0.3 is 15.2 Å². The Kier molecular flexibility index (Phi) is 6.04. The topological polar surface area (TPSA) is 85.3 Å². The van der Waals surface area contributed by atoms with E-state index in [2.05, 4.69) is 6.07 Å². The normalized spacial score (nSPS) is 10.8. The first-order chi connectivity index (χ1) is 9.89. The molecule has 21 heavy (non-hydrogen) atoms. The predicted octanol–water partition coefficient (Wildman–Crippen LogP) is 3.15. The molecule has 0 aliphatic heterocycles. The zero-order valence-electron chi connectivity index (χ0n) is 12.8. The second-order valence-corrected chi connectivity index (χ2v) is 5.54. The summed E-state index contributed by atoms with van der Waals surface area (Å²) < 4.78 is 10.3. The van der Waals surface area contributed by atoms with Gasteiger partial charge in [-0.05, 0) is 51.3 Å². The quantitative estimate of drug-likeness (QED) is 0.473. The van der Waals surface area contributed by atoms with Crippen LogP contribution in [0.25, 0.3) is 0 Å². The minimum atomic E-state index is -0.453. The van der Waals surface area contributed by atoms with Gasteiger partial charge in [0.25, 0.3) is 0 Å². The Balaban J connectivity index is 2.43. The van der Waals surface area contributed by atoms with Crippen LogP contribution in [0.5, 0.6) is 5.75 Å². The van der Waals surface area contributed by atoms with Crippen molar-refractivity contribution < 1.29 is 14.3 Å². The van der Waals surface area contributed by atoms with E-state index in [4.69, 9.17) is 20.5 Å². The van der Waals surface area contributed by atoms with Gasteiger partial charge in [0.15, 0.2) is 0 Å². The number of anilines is 1. The third kappa shape index (κ3) is 5.35. The molecule has 0 atom stereocenters. The lowest BCUT2D eigenvalue weighted by Crippen LogP contribution is -2.11.